The van der Waals surface area contributed by atoms with E-state index in [2.05, 4.69) is 372 Å². The molecule has 30 aromatic rings. The van der Waals surface area contributed by atoms with Crippen molar-refractivity contribution in [3.05, 3.63) is 456 Å². The summed E-state index contributed by atoms with van der Waals surface area (Å²) >= 11 is 0. The zero-order valence-corrected chi connectivity index (χ0v) is 81.5. The monoisotopic (exact) mass is 1910 g/mol. The SMILES string of the molecule is CCc1nc2ccccc2n1-c1ccc(-c2nc3c(nc4ccccn43)c3ccccc23)cc1.CCn1c(-c2ccc(-c3cccc(-c4nc5c(nc6ccccn65)c5ccccc45)c3)cc2)nc2ccccc21.CCn1c(-c2cccc(-c3nc4c(nc5ccccn54)c4ccccc34)c2)nc2ccccc21.CCn1cnc2ccccc21.c1ccc(-c2cccc(-c3nc4c(nc5ccccn54)c4ccccc34)c2)cc1. The number of imidazole rings is 8. The molecule has 148 heavy (non-hydrogen) atoms. The van der Waals surface area contributed by atoms with Gasteiger partial charge in [-0.25, -0.2) is 59.8 Å². The summed E-state index contributed by atoms with van der Waals surface area (Å²) in [5.41, 5.74) is 35.9. The predicted molar refractivity (Wildman–Crippen MR) is 603 cm³/mol. The molecule has 0 aliphatic carbocycles. The second-order valence-electron chi connectivity index (χ2n) is 36.7. The minimum Gasteiger partial charge on any atom is -0.331 e. The van der Waals surface area contributed by atoms with Crippen LogP contribution >= 0.6 is 0 Å². The summed E-state index contributed by atoms with van der Waals surface area (Å²) in [6.45, 7) is 11.3. The second-order valence-corrected chi connectivity index (χ2v) is 36.7. The third kappa shape index (κ3) is 15.7. The Labute approximate surface area is 849 Å². The minimum atomic E-state index is 0.856. The van der Waals surface area contributed by atoms with Crippen molar-refractivity contribution < 1.29 is 0 Å². The highest BCUT2D eigenvalue weighted by atomic mass is 15.1. The van der Waals surface area contributed by atoms with Crippen molar-refractivity contribution in [1.82, 2.24) is 95.7 Å². The Balaban J connectivity index is 0.0000000968. The van der Waals surface area contributed by atoms with E-state index in [9.17, 15) is 0 Å². The topological polar surface area (TPSA) is 192 Å². The summed E-state index contributed by atoms with van der Waals surface area (Å²) in [4.78, 5) is 59.0. The van der Waals surface area contributed by atoms with Crippen LogP contribution < -0.4 is 0 Å². The lowest BCUT2D eigenvalue weighted by Gasteiger charge is -2.11. The van der Waals surface area contributed by atoms with Gasteiger partial charge >= 0.3 is 0 Å². The molecule has 706 valence electrons. The van der Waals surface area contributed by atoms with Gasteiger partial charge in [-0.1, -0.05) is 298 Å². The highest BCUT2D eigenvalue weighted by Crippen LogP contribution is 2.42. The van der Waals surface area contributed by atoms with Crippen LogP contribution in [0.4, 0.5) is 0 Å². The molecule has 0 fully saturated rings. The smallest absolute Gasteiger partial charge is 0.165 e. The summed E-state index contributed by atoms with van der Waals surface area (Å²) in [5, 5.41) is 8.88. The highest BCUT2D eigenvalue weighted by molar-refractivity contribution is 6.14. The molecule has 20 nitrogen and oxygen atoms in total. The third-order valence-electron chi connectivity index (χ3n) is 28.0. The standard InChI is InChI=1S/C35H25N5.2C29H21N5.C26H17N3.C9H10N2/c1-2-39-30-15-6-5-14-29(30)36-34(39)24-19-17-23(18-20-24)25-10-9-11-26(22-25)32-27-12-3-4-13-28(27)33-35(38-32)40-21-8-7-16-31(40)37-33;1-2-33-24-15-6-5-14-23(24)30-28(33)20-11-9-10-19(18-20)26-21-12-3-4-13-22(21)27-29(32-26)34-17-8-7-16-25(34)31-27;1-2-25-30-23-11-5-6-12-24(23)34(25)20-16-14-19(15-17-20)27-21-9-3-4-10-22(21)28-29(32-27)33-18-8-7-13-26(33)31-28;1-2-9-18(10-3-1)19-11-8-12-20(17-19)24-21-13-4-5-14-22(21)25-26(28-24)29-16-7-6-15-23(29)27-25;1-2-11-7-10-8-5-3-4-6-9(8)11/h3-22H,2H2,1H3;2*3-18H,2H2,1H3;1-17H;3-7H,2H2,1H3. The van der Waals surface area contributed by atoms with Gasteiger partial charge in [0.2, 0.25) is 0 Å². The molecule has 0 amide bonds. The highest BCUT2D eigenvalue weighted by Gasteiger charge is 2.24. The van der Waals surface area contributed by atoms with Crippen LogP contribution in [0.5, 0.6) is 0 Å². The lowest BCUT2D eigenvalue weighted by Crippen LogP contribution is -2.00. The molecule has 0 saturated carbocycles. The van der Waals surface area contributed by atoms with Crippen molar-refractivity contribution in [2.24, 2.45) is 0 Å². The molecular formula is C128H94N20. The fourth-order valence-electron chi connectivity index (χ4n) is 21.0. The molecule has 0 spiro atoms. The van der Waals surface area contributed by atoms with Crippen LogP contribution in [0, 0.1) is 0 Å². The first-order valence-electron chi connectivity index (χ1n) is 50.2. The zero-order valence-electron chi connectivity index (χ0n) is 81.5. The zero-order chi connectivity index (χ0) is 98.8. The quantitative estimate of drug-likeness (QED) is 0.106. The number of aromatic nitrogens is 20. The van der Waals surface area contributed by atoms with E-state index in [0.29, 0.717) is 0 Å². The molecule has 0 saturated heterocycles. The average Bonchev–Trinajstić information content (AvgIpc) is 1.60. The molecule has 0 unspecified atom stereocenters. The van der Waals surface area contributed by atoms with Gasteiger partial charge in [0.25, 0.3) is 0 Å². The maximum absolute atomic E-state index is 5.18. The van der Waals surface area contributed by atoms with Crippen molar-refractivity contribution >= 4 is 154 Å². The molecule has 0 radical (unpaired) electrons. The van der Waals surface area contributed by atoms with Crippen LogP contribution in [0.1, 0.15) is 33.5 Å². The van der Waals surface area contributed by atoms with Crippen LogP contribution in [0.25, 0.3) is 250 Å². The van der Waals surface area contributed by atoms with E-state index in [1.807, 2.05) is 146 Å². The van der Waals surface area contributed by atoms with Crippen molar-refractivity contribution in [2.45, 2.75) is 53.8 Å². The molecule has 0 bridgehead atoms. The summed E-state index contributed by atoms with van der Waals surface area (Å²) in [6, 6.07) is 145. The minimum absolute atomic E-state index is 0.856. The molecule has 0 atom stereocenters. The van der Waals surface area contributed by atoms with E-state index < -0.39 is 0 Å². The van der Waals surface area contributed by atoms with Crippen molar-refractivity contribution in [2.75, 3.05) is 0 Å². The van der Waals surface area contributed by atoms with Crippen LogP contribution in [-0.4, -0.2) is 95.7 Å². The summed E-state index contributed by atoms with van der Waals surface area (Å²) in [6.07, 6.45) is 10.8. The van der Waals surface area contributed by atoms with E-state index >= 15 is 0 Å². The molecule has 16 aromatic heterocycles. The van der Waals surface area contributed by atoms with Crippen LogP contribution in [0.3, 0.4) is 0 Å². The van der Waals surface area contributed by atoms with Gasteiger partial charge in [-0.15, -0.1) is 0 Å². The Kier molecular flexibility index (Phi) is 22.6. The normalized spacial score (nSPS) is 11.6. The Morgan fingerprint density at radius 3 is 0.932 bits per heavy atom. The number of fused-ring (bicyclic) bond motifs is 24. The first-order chi connectivity index (χ1) is 73.2. The molecular weight excluding hydrogens is 1820 g/mol. The van der Waals surface area contributed by atoms with Crippen LogP contribution in [0.15, 0.2) is 450 Å². The number of nitrogens with zero attached hydrogens (tertiary/aromatic N) is 20. The van der Waals surface area contributed by atoms with Gasteiger partial charge < -0.3 is 13.7 Å². The van der Waals surface area contributed by atoms with Crippen molar-refractivity contribution in [3.63, 3.8) is 0 Å². The Morgan fingerprint density at radius 1 is 0.209 bits per heavy atom. The Hall–Kier alpha value is -19.6. The lowest BCUT2D eigenvalue weighted by atomic mass is 9.98. The molecule has 20 heteroatoms. The maximum atomic E-state index is 5.18. The number of hydrogen-bond donors (Lipinski definition) is 0. The molecule has 0 aliphatic rings. The summed E-state index contributed by atoms with van der Waals surface area (Å²) < 4.78 is 17.2. The summed E-state index contributed by atoms with van der Waals surface area (Å²) in [7, 11) is 0. The van der Waals surface area contributed by atoms with E-state index in [1.165, 1.54) is 22.2 Å². The first-order valence-corrected chi connectivity index (χ1v) is 50.2. The maximum Gasteiger partial charge on any atom is 0.165 e. The fourth-order valence-corrected chi connectivity index (χ4v) is 21.0. The van der Waals surface area contributed by atoms with E-state index in [4.69, 9.17) is 54.8 Å². The largest absolute Gasteiger partial charge is 0.331 e. The molecule has 0 aliphatic heterocycles. The molecule has 30 rings (SSSR count). The number of para-hydroxylation sites is 8. The van der Waals surface area contributed by atoms with E-state index in [-0.39, 0.29) is 0 Å². The van der Waals surface area contributed by atoms with E-state index in [0.717, 1.165) is 260 Å². The first kappa shape index (κ1) is 88.6. The molecule has 0 N–H and O–H groups in total. The Morgan fingerprint density at radius 2 is 0.520 bits per heavy atom. The van der Waals surface area contributed by atoms with Gasteiger partial charge in [0, 0.05) is 133 Å². The van der Waals surface area contributed by atoms with Crippen LogP contribution in [-0.2, 0) is 26.1 Å². The fraction of sp³-hybridized carbons (Fsp3) is 0.0625. The number of rotatable bonds is 13. The van der Waals surface area contributed by atoms with Crippen molar-refractivity contribution in [1.29, 1.82) is 0 Å². The lowest BCUT2D eigenvalue weighted by molar-refractivity contribution is 0.787. The number of benzene rings is 14. The van der Waals surface area contributed by atoms with Gasteiger partial charge in [0.1, 0.15) is 62.1 Å². The Bertz CT molecular complexity index is 10400. The second kappa shape index (κ2) is 37.7. The van der Waals surface area contributed by atoms with Gasteiger partial charge in [0.05, 0.1) is 73.2 Å². The van der Waals surface area contributed by atoms with Crippen molar-refractivity contribution in [3.8, 4) is 95.7 Å². The van der Waals surface area contributed by atoms with Crippen LogP contribution in [0.2, 0.25) is 0 Å². The number of aryl methyl sites for hydroxylation is 4. The summed E-state index contributed by atoms with van der Waals surface area (Å²) in [5.74, 6) is 3.04. The number of pyridine rings is 8. The molecule has 14 aromatic carbocycles. The van der Waals surface area contributed by atoms with Gasteiger partial charge in [-0.3, -0.25) is 22.2 Å². The number of hydrogen-bond acceptors (Lipinski definition) is 12. The van der Waals surface area contributed by atoms with Gasteiger partial charge in [0.15, 0.2) is 22.6 Å². The van der Waals surface area contributed by atoms with Gasteiger partial charge in [-0.2, -0.15) is 0 Å². The molecule has 16 heterocycles. The van der Waals surface area contributed by atoms with Gasteiger partial charge in [-0.05, 0) is 170 Å². The average molecular weight is 1910 g/mol. The predicted octanol–water partition coefficient (Wildman–Crippen LogP) is 30.2. The van der Waals surface area contributed by atoms with E-state index in [1.54, 1.807) is 0 Å². The third-order valence-corrected chi connectivity index (χ3v) is 28.0.